The molecule has 1 heterocycles. The smallest absolute Gasteiger partial charge is 0.0956 e. The molecule has 0 amide bonds. The van der Waals surface area contributed by atoms with E-state index in [2.05, 4.69) is 11.9 Å². The van der Waals surface area contributed by atoms with Crippen molar-refractivity contribution < 1.29 is 5.11 Å². The molecule has 2 nitrogen and oxygen atoms in total. The maximum atomic E-state index is 10.2. The number of hydrogen-bond donors (Lipinski definition) is 1. The Morgan fingerprint density at radius 3 is 2.44 bits per heavy atom. The maximum Gasteiger partial charge on any atom is 0.0956 e. The molecule has 1 N–H and O–H groups in total. The highest BCUT2D eigenvalue weighted by Crippen LogP contribution is 2.28. The molecule has 2 rings (SSSR count). The van der Waals surface area contributed by atoms with Gasteiger partial charge in [0.15, 0.2) is 0 Å². The summed E-state index contributed by atoms with van der Waals surface area (Å²) in [7, 11) is 0. The summed E-state index contributed by atoms with van der Waals surface area (Å²) < 4.78 is 0. The van der Waals surface area contributed by atoms with Crippen molar-refractivity contribution in [3.05, 3.63) is 15.6 Å². The standard InChI is InChI=1S/C15H25NOS/c1-11-12(2)18-15(16-11)10-14(17)9-13-7-5-3-4-6-8-13/h13-14,17H,3-10H2,1-2H3. The van der Waals surface area contributed by atoms with Crippen LogP contribution >= 0.6 is 11.3 Å². The van der Waals surface area contributed by atoms with Gasteiger partial charge >= 0.3 is 0 Å². The van der Waals surface area contributed by atoms with Crippen molar-refractivity contribution in [3.8, 4) is 0 Å². The van der Waals surface area contributed by atoms with Gasteiger partial charge in [-0.2, -0.15) is 0 Å². The topological polar surface area (TPSA) is 33.1 Å². The molecule has 1 atom stereocenters. The number of aromatic nitrogens is 1. The van der Waals surface area contributed by atoms with Crippen molar-refractivity contribution in [2.75, 3.05) is 0 Å². The molecule has 1 aromatic heterocycles. The fraction of sp³-hybridized carbons (Fsp3) is 0.800. The van der Waals surface area contributed by atoms with E-state index in [1.165, 1.54) is 43.4 Å². The number of thiazole rings is 1. The van der Waals surface area contributed by atoms with E-state index in [4.69, 9.17) is 0 Å². The van der Waals surface area contributed by atoms with E-state index in [0.717, 1.165) is 29.5 Å². The molecule has 0 spiro atoms. The molecule has 1 aromatic rings. The second-order valence-corrected chi connectivity index (χ2v) is 6.99. The molecule has 1 fully saturated rings. The fourth-order valence-electron chi connectivity index (χ4n) is 2.90. The molecule has 0 aliphatic heterocycles. The van der Waals surface area contributed by atoms with Gasteiger partial charge < -0.3 is 5.11 Å². The van der Waals surface area contributed by atoms with Crippen molar-refractivity contribution in [2.24, 2.45) is 5.92 Å². The Labute approximate surface area is 114 Å². The minimum Gasteiger partial charge on any atom is -0.393 e. The molecular formula is C15H25NOS. The zero-order valence-corrected chi connectivity index (χ0v) is 12.4. The fourth-order valence-corrected chi connectivity index (χ4v) is 3.90. The number of nitrogens with zero attached hydrogens (tertiary/aromatic N) is 1. The number of aliphatic hydroxyl groups excluding tert-OH is 1. The SMILES string of the molecule is Cc1nc(CC(O)CC2CCCCCC2)sc1C. The maximum absolute atomic E-state index is 10.2. The van der Waals surface area contributed by atoms with Crippen molar-refractivity contribution in [3.63, 3.8) is 0 Å². The molecular weight excluding hydrogens is 242 g/mol. The van der Waals surface area contributed by atoms with E-state index in [-0.39, 0.29) is 6.10 Å². The summed E-state index contributed by atoms with van der Waals surface area (Å²) in [5.41, 5.74) is 1.12. The highest BCUT2D eigenvalue weighted by molar-refractivity contribution is 7.11. The Morgan fingerprint density at radius 2 is 1.89 bits per heavy atom. The van der Waals surface area contributed by atoms with Gasteiger partial charge in [0, 0.05) is 11.3 Å². The molecule has 0 aromatic carbocycles. The highest BCUT2D eigenvalue weighted by Gasteiger charge is 2.18. The second kappa shape index (κ2) is 6.67. The summed E-state index contributed by atoms with van der Waals surface area (Å²) in [6.07, 6.45) is 9.63. The molecule has 0 saturated heterocycles. The third-order valence-corrected chi connectivity index (χ3v) is 5.16. The molecule has 0 radical (unpaired) electrons. The normalized spacial score (nSPS) is 19.7. The zero-order chi connectivity index (χ0) is 13.0. The lowest BCUT2D eigenvalue weighted by molar-refractivity contribution is 0.137. The van der Waals surface area contributed by atoms with Crippen LogP contribution in [0.15, 0.2) is 0 Å². The van der Waals surface area contributed by atoms with Gasteiger partial charge in [-0.25, -0.2) is 4.98 Å². The summed E-state index contributed by atoms with van der Waals surface area (Å²) in [4.78, 5) is 5.80. The van der Waals surface area contributed by atoms with Crippen LogP contribution in [-0.4, -0.2) is 16.2 Å². The van der Waals surface area contributed by atoms with Crippen LogP contribution in [0.4, 0.5) is 0 Å². The average molecular weight is 267 g/mol. The van der Waals surface area contributed by atoms with Gasteiger partial charge in [0.2, 0.25) is 0 Å². The molecule has 0 bridgehead atoms. The molecule has 1 aliphatic carbocycles. The highest BCUT2D eigenvalue weighted by atomic mass is 32.1. The summed E-state index contributed by atoms with van der Waals surface area (Å²) in [5, 5.41) is 11.3. The van der Waals surface area contributed by atoms with Crippen LogP contribution in [0.3, 0.4) is 0 Å². The quantitative estimate of drug-likeness (QED) is 0.836. The van der Waals surface area contributed by atoms with Crippen molar-refractivity contribution >= 4 is 11.3 Å². The van der Waals surface area contributed by atoms with Gasteiger partial charge in [0.05, 0.1) is 16.8 Å². The van der Waals surface area contributed by atoms with Gasteiger partial charge in [-0.1, -0.05) is 38.5 Å². The summed E-state index contributed by atoms with van der Waals surface area (Å²) in [5.74, 6) is 0.740. The molecule has 102 valence electrons. The van der Waals surface area contributed by atoms with E-state index in [9.17, 15) is 5.11 Å². The van der Waals surface area contributed by atoms with Crippen molar-refractivity contribution in [1.82, 2.24) is 4.98 Å². The van der Waals surface area contributed by atoms with Gasteiger partial charge in [-0.3, -0.25) is 0 Å². The first-order valence-electron chi connectivity index (χ1n) is 7.26. The Bertz CT molecular complexity index is 347. The van der Waals surface area contributed by atoms with Crippen LogP contribution < -0.4 is 0 Å². The summed E-state index contributed by atoms with van der Waals surface area (Å²) in [6.45, 7) is 4.15. The summed E-state index contributed by atoms with van der Waals surface area (Å²) in [6, 6.07) is 0. The van der Waals surface area contributed by atoms with Crippen molar-refractivity contribution in [1.29, 1.82) is 0 Å². The number of hydrogen-bond acceptors (Lipinski definition) is 3. The lowest BCUT2D eigenvalue weighted by atomic mass is 9.93. The molecule has 18 heavy (non-hydrogen) atoms. The van der Waals surface area contributed by atoms with Crippen LogP contribution in [0.2, 0.25) is 0 Å². The van der Waals surface area contributed by atoms with Gasteiger partial charge in [0.1, 0.15) is 0 Å². The first-order chi connectivity index (χ1) is 8.65. The van der Waals surface area contributed by atoms with Crippen molar-refractivity contribution in [2.45, 2.75) is 71.3 Å². The minimum absolute atomic E-state index is 0.196. The Balaban J connectivity index is 1.82. The first-order valence-corrected chi connectivity index (χ1v) is 8.07. The molecule has 1 aliphatic rings. The van der Waals surface area contributed by atoms with Gasteiger partial charge in [-0.15, -0.1) is 11.3 Å². The van der Waals surface area contributed by atoms with E-state index in [1.54, 1.807) is 11.3 Å². The Kier molecular flexibility index (Phi) is 5.19. The first kappa shape index (κ1) is 14.0. The van der Waals surface area contributed by atoms with E-state index in [0.29, 0.717) is 0 Å². The minimum atomic E-state index is -0.196. The van der Waals surface area contributed by atoms with Crippen LogP contribution in [0, 0.1) is 19.8 Å². The molecule has 3 heteroatoms. The number of aryl methyl sites for hydroxylation is 2. The third kappa shape index (κ3) is 4.06. The zero-order valence-electron chi connectivity index (χ0n) is 11.6. The predicted molar refractivity (Wildman–Crippen MR) is 77.1 cm³/mol. The van der Waals surface area contributed by atoms with Gasteiger partial charge in [0.25, 0.3) is 0 Å². The number of aliphatic hydroxyl groups is 1. The van der Waals surface area contributed by atoms with Gasteiger partial charge in [-0.05, 0) is 26.2 Å². The van der Waals surface area contributed by atoms with Crippen LogP contribution in [0.1, 0.15) is 60.5 Å². The second-order valence-electron chi connectivity index (χ2n) is 5.70. The third-order valence-electron chi connectivity index (χ3n) is 4.06. The lowest BCUT2D eigenvalue weighted by Gasteiger charge is -2.17. The predicted octanol–water partition coefficient (Wildman–Crippen LogP) is 4.02. The van der Waals surface area contributed by atoms with E-state index < -0.39 is 0 Å². The molecule has 1 unspecified atom stereocenters. The Morgan fingerprint density at radius 1 is 1.22 bits per heavy atom. The van der Waals surface area contributed by atoms with E-state index >= 15 is 0 Å². The van der Waals surface area contributed by atoms with Crippen LogP contribution in [0.5, 0.6) is 0 Å². The lowest BCUT2D eigenvalue weighted by Crippen LogP contribution is -2.16. The van der Waals surface area contributed by atoms with E-state index in [1.807, 2.05) is 6.92 Å². The van der Waals surface area contributed by atoms with Crippen LogP contribution in [0.25, 0.3) is 0 Å². The monoisotopic (exact) mass is 267 g/mol. The summed E-state index contributed by atoms with van der Waals surface area (Å²) >= 11 is 1.74. The number of rotatable bonds is 4. The Hall–Kier alpha value is -0.410. The van der Waals surface area contributed by atoms with Crippen LogP contribution in [-0.2, 0) is 6.42 Å². The molecule has 1 saturated carbocycles. The average Bonchev–Trinajstić information content (AvgIpc) is 2.55. The largest absolute Gasteiger partial charge is 0.393 e.